The third-order valence-electron chi connectivity index (χ3n) is 3.65. The number of benzene rings is 2. The molecule has 0 heterocycles. The lowest BCUT2D eigenvalue weighted by molar-refractivity contribution is -0.138. The molecule has 2 N–H and O–H groups in total. The van der Waals surface area contributed by atoms with Crippen LogP contribution in [0.25, 0.3) is 0 Å². The highest BCUT2D eigenvalue weighted by molar-refractivity contribution is 6.32. The molecular formula is C20H22ClNO5. The summed E-state index contributed by atoms with van der Waals surface area (Å²) in [4.78, 5) is 22.2. The maximum absolute atomic E-state index is 11.7. The fraction of sp³-hybridized carbons (Fsp3) is 0.300. The number of amides is 1. The van der Waals surface area contributed by atoms with Gasteiger partial charge in [0, 0.05) is 13.0 Å². The van der Waals surface area contributed by atoms with Gasteiger partial charge in [-0.25, -0.2) is 0 Å². The third-order valence-corrected chi connectivity index (χ3v) is 3.93. The van der Waals surface area contributed by atoms with Crippen LogP contribution in [0.3, 0.4) is 0 Å². The second-order valence-corrected chi connectivity index (χ2v) is 6.19. The van der Waals surface area contributed by atoms with E-state index < -0.39 is 5.97 Å². The number of halogens is 1. The number of carboxylic acid groups (broad SMARTS) is 1. The molecule has 0 spiro atoms. The summed E-state index contributed by atoms with van der Waals surface area (Å²) in [6.07, 6.45) is -0.275. The third kappa shape index (κ3) is 6.83. The Morgan fingerprint density at radius 1 is 1.07 bits per heavy atom. The number of carbonyl (C=O) groups is 2. The molecule has 0 aliphatic rings. The minimum absolute atomic E-state index is 0.0698. The number of hydrogen-bond acceptors (Lipinski definition) is 4. The van der Waals surface area contributed by atoms with Crippen molar-refractivity contribution < 1.29 is 24.2 Å². The lowest BCUT2D eigenvalue weighted by Gasteiger charge is -2.15. The summed E-state index contributed by atoms with van der Waals surface area (Å²) in [5, 5.41) is 11.7. The van der Waals surface area contributed by atoms with Crippen molar-refractivity contribution in [1.29, 1.82) is 0 Å². The standard InChI is InChI=1S/C20H22ClNO5/c1-2-26-17-11-15(12-22-18(23)8-9-19(24)25)10-16(21)20(17)27-13-14-6-4-3-5-7-14/h3-7,10-11H,2,8-9,12-13H2,1H3,(H,22,23)(H,24,25). The lowest BCUT2D eigenvalue weighted by Crippen LogP contribution is -2.23. The van der Waals surface area contributed by atoms with Crippen LogP contribution in [0, 0.1) is 0 Å². The summed E-state index contributed by atoms with van der Waals surface area (Å²) in [6.45, 7) is 2.87. The van der Waals surface area contributed by atoms with Crippen molar-refractivity contribution in [3.05, 3.63) is 58.6 Å². The molecule has 0 saturated carbocycles. The van der Waals surface area contributed by atoms with Crippen molar-refractivity contribution in [2.75, 3.05) is 6.61 Å². The smallest absolute Gasteiger partial charge is 0.303 e. The van der Waals surface area contributed by atoms with Crippen LogP contribution in [0.4, 0.5) is 0 Å². The van der Waals surface area contributed by atoms with Gasteiger partial charge in [0.25, 0.3) is 0 Å². The number of ether oxygens (including phenoxy) is 2. The fourth-order valence-corrected chi connectivity index (χ4v) is 2.65. The van der Waals surface area contributed by atoms with E-state index in [2.05, 4.69) is 5.32 Å². The number of carboxylic acids is 1. The molecule has 144 valence electrons. The van der Waals surface area contributed by atoms with Crippen LogP contribution in [0.1, 0.15) is 30.9 Å². The predicted octanol–water partition coefficient (Wildman–Crippen LogP) is 3.80. The summed E-state index contributed by atoms with van der Waals surface area (Å²) < 4.78 is 11.5. The quantitative estimate of drug-likeness (QED) is 0.643. The summed E-state index contributed by atoms with van der Waals surface area (Å²) in [5.41, 5.74) is 1.74. The highest BCUT2D eigenvalue weighted by Gasteiger charge is 2.14. The van der Waals surface area contributed by atoms with Gasteiger partial charge in [-0.15, -0.1) is 0 Å². The Bertz CT molecular complexity index is 779. The molecular weight excluding hydrogens is 370 g/mol. The minimum Gasteiger partial charge on any atom is -0.490 e. The second-order valence-electron chi connectivity index (χ2n) is 5.78. The molecule has 0 atom stereocenters. The van der Waals surface area contributed by atoms with Crippen LogP contribution < -0.4 is 14.8 Å². The van der Waals surface area contributed by atoms with Crippen LogP contribution in [-0.4, -0.2) is 23.6 Å². The second kappa shape index (κ2) is 10.4. The number of carbonyl (C=O) groups excluding carboxylic acids is 1. The van der Waals surface area contributed by atoms with Crippen LogP contribution in [0.5, 0.6) is 11.5 Å². The highest BCUT2D eigenvalue weighted by Crippen LogP contribution is 2.37. The van der Waals surface area contributed by atoms with E-state index in [4.69, 9.17) is 26.2 Å². The zero-order valence-electron chi connectivity index (χ0n) is 15.0. The number of nitrogens with one attached hydrogen (secondary N) is 1. The SMILES string of the molecule is CCOc1cc(CNC(=O)CCC(=O)O)cc(Cl)c1OCc1ccccc1. The summed E-state index contributed by atoms with van der Waals surface area (Å²) in [5.74, 6) is -0.401. The first-order valence-corrected chi connectivity index (χ1v) is 8.97. The molecule has 27 heavy (non-hydrogen) atoms. The van der Waals surface area contributed by atoms with Gasteiger partial charge < -0.3 is 19.9 Å². The van der Waals surface area contributed by atoms with Crippen molar-refractivity contribution >= 4 is 23.5 Å². The van der Waals surface area contributed by atoms with Gasteiger partial charge in [0.05, 0.1) is 18.1 Å². The number of aliphatic carboxylic acids is 1. The fourth-order valence-electron chi connectivity index (χ4n) is 2.37. The van der Waals surface area contributed by atoms with E-state index in [1.54, 1.807) is 12.1 Å². The normalized spacial score (nSPS) is 10.3. The van der Waals surface area contributed by atoms with Crippen LogP contribution in [0.2, 0.25) is 5.02 Å². The summed E-state index contributed by atoms with van der Waals surface area (Å²) in [7, 11) is 0. The Morgan fingerprint density at radius 2 is 1.81 bits per heavy atom. The maximum atomic E-state index is 11.7. The molecule has 7 heteroatoms. The van der Waals surface area contributed by atoms with Gasteiger partial charge in [-0.2, -0.15) is 0 Å². The first kappa shape index (κ1) is 20.6. The van der Waals surface area contributed by atoms with Gasteiger partial charge >= 0.3 is 5.97 Å². The largest absolute Gasteiger partial charge is 0.490 e. The molecule has 2 aromatic rings. The van der Waals surface area contributed by atoms with E-state index in [-0.39, 0.29) is 25.3 Å². The van der Waals surface area contributed by atoms with Gasteiger partial charge in [0.1, 0.15) is 6.61 Å². The van der Waals surface area contributed by atoms with E-state index in [9.17, 15) is 9.59 Å². The van der Waals surface area contributed by atoms with Crippen molar-refractivity contribution in [2.45, 2.75) is 32.9 Å². The van der Waals surface area contributed by atoms with Gasteiger partial charge in [0.2, 0.25) is 5.91 Å². The van der Waals surface area contributed by atoms with Gasteiger partial charge in [-0.3, -0.25) is 9.59 Å². The topological polar surface area (TPSA) is 84.9 Å². The maximum Gasteiger partial charge on any atom is 0.303 e. The average molecular weight is 392 g/mol. The molecule has 0 fully saturated rings. The molecule has 2 rings (SSSR count). The summed E-state index contributed by atoms with van der Waals surface area (Å²) in [6, 6.07) is 13.2. The van der Waals surface area contributed by atoms with E-state index in [1.807, 2.05) is 37.3 Å². The molecule has 0 bridgehead atoms. The molecule has 0 aliphatic heterocycles. The summed E-state index contributed by atoms with van der Waals surface area (Å²) >= 11 is 6.36. The molecule has 0 aliphatic carbocycles. The Kier molecular flexibility index (Phi) is 7.95. The molecule has 1 amide bonds. The van der Waals surface area contributed by atoms with Gasteiger partial charge in [0.15, 0.2) is 11.5 Å². The van der Waals surface area contributed by atoms with Crippen LogP contribution in [-0.2, 0) is 22.7 Å². The van der Waals surface area contributed by atoms with Crippen LogP contribution >= 0.6 is 11.6 Å². The van der Waals surface area contributed by atoms with Crippen molar-refractivity contribution in [3.8, 4) is 11.5 Å². The Hall–Kier alpha value is -2.73. The molecule has 0 unspecified atom stereocenters. The molecule has 2 aromatic carbocycles. The van der Waals surface area contributed by atoms with Gasteiger partial charge in [-0.1, -0.05) is 41.9 Å². The molecule has 0 radical (unpaired) electrons. The Morgan fingerprint density at radius 3 is 2.48 bits per heavy atom. The van der Waals surface area contributed by atoms with Crippen LogP contribution in [0.15, 0.2) is 42.5 Å². The lowest BCUT2D eigenvalue weighted by atomic mass is 10.2. The minimum atomic E-state index is -1.01. The van der Waals surface area contributed by atoms with Gasteiger partial charge in [-0.05, 0) is 30.2 Å². The molecule has 0 aromatic heterocycles. The van der Waals surface area contributed by atoms with E-state index in [0.29, 0.717) is 29.7 Å². The average Bonchev–Trinajstić information content (AvgIpc) is 2.65. The predicted molar refractivity (Wildman–Crippen MR) is 102 cm³/mol. The monoisotopic (exact) mass is 391 g/mol. The van der Waals surface area contributed by atoms with Crippen molar-refractivity contribution in [1.82, 2.24) is 5.32 Å². The first-order chi connectivity index (χ1) is 13.0. The Labute approximate surface area is 163 Å². The molecule has 6 nitrogen and oxygen atoms in total. The van der Waals surface area contributed by atoms with E-state index in [1.165, 1.54) is 0 Å². The highest BCUT2D eigenvalue weighted by atomic mass is 35.5. The number of rotatable bonds is 10. The zero-order valence-corrected chi connectivity index (χ0v) is 15.8. The van der Waals surface area contributed by atoms with Crippen molar-refractivity contribution in [2.24, 2.45) is 0 Å². The zero-order chi connectivity index (χ0) is 19.6. The molecule has 0 saturated heterocycles. The number of hydrogen-bond donors (Lipinski definition) is 2. The first-order valence-electron chi connectivity index (χ1n) is 8.60. The Balaban J connectivity index is 2.05. The van der Waals surface area contributed by atoms with E-state index >= 15 is 0 Å². The van der Waals surface area contributed by atoms with Crippen molar-refractivity contribution in [3.63, 3.8) is 0 Å². The van der Waals surface area contributed by atoms with E-state index in [0.717, 1.165) is 11.1 Å².